The Morgan fingerprint density at radius 1 is 1.00 bits per heavy atom. The summed E-state index contributed by atoms with van der Waals surface area (Å²) < 4.78 is 82.6. The van der Waals surface area contributed by atoms with Crippen molar-refractivity contribution < 1.29 is 30.7 Å². The summed E-state index contributed by atoms with van der Waals surface area (Å²) in [6.07, 6.45) is -11.8. The maximum absolute atomic E-state index is 12.2. The maximum Gasteiger partial charge on any atom is 0.389 e. The van der Waals surface area contributed by atoms with Crippen LogP contribution in [0, 0.1) is 5.92 Å². The highest BCUT2D eigenvalue weighted by Crippen LogP contribution is 2.40. The van der Waals surface area contributed by atoms with Gasteiger partial charge in [-0.1, -0.05) is 0 Å². The number of hydrogen-bond acceptors (Lipinski definition) is 0. The van der Waals surface area contributed by atoms with Gasteiger partial charge in [0, 0.05) is 6.42 Å². The van der Waals surface area contributed by atoms with Gasteiger partial charge in [0.05, 0.1) is 12.3 Å². The lowest BCUT2D eigenvalue weighted by molar-refractivity contribution is -0.164. The second-order valence-electron chi connectivity index (χ2n) is 2.68. The maximum atomic E-state index is 12.2. The summed E-state index contributed by atoms with van der Waals surface area (Å²) in [6.45, 7) is 0. The van der Waals surface area contributed by atoms with Gasteiger partial charge in [-0.05, 0) is 11.6 Å². The average molecular weight is 247 g/mol. The standard InChI is InChI=1S/C6H6ClF7/c7-6(13,14)3(1-4(8)9)2-5(10,11)12/h3-4H,1-2H2. The van der Waals surface area contributed by atoms with Gasteiger partial charge in [-0.25, -0.2) is 8.78 Å². The topological polar surface area (TPSA) is 0 Å². The van der Waals surface area contributed by atoms with Gasteiger partial charge >= 0.3 is 11.6 Å². The monoisotopic (exact) mass is 246 g/mol. The zero-order valence-corrected chi connectivity index (χ0v) is 7.35. The van der Waals surface area contributed by atoms with E-state index in [0.717, 1.165) is 0 Å². The second kappa shape index (κ2) is 4.55. The summed E-state index contributed by atoms with van der Waals surface area (Å²) >= 11 is 4.28. The third-order valence-corrected chi connectivity index (χ3v) is 1.71. The fourth-order valence-corrected chi connectivity index (χ4v) is 0.993. The Hall–Kier alpha value is -0.200. The highest BCUT2D eigenvalue weighted by atomic mass is 35.5. The summed E-state index contributed by atoms with van der Waals surface area (Å²) in [5.41, 5.74) is 0. The van der Waals surface area contributed by atoms with E-state index in [4.69, 9.17) is 0 Å². The highest BCUT2D eigenvalue weighted by molar-refractivity contribution is 6.21. The van der Waals surface area contributed by atoms with Crippen LogP contribution in [0.4, 0.5) is 30.7 Å². The summed E-state index contributed by atoms with van der Waals surface area (Å²) in [6, 6.07) is 0. The number of rotatable bonds is 4. The molecule has 1 unspecified atom stereocenters. The lowest BCUT2D eigenvalue weighted by atomic mass is 10.0. The Morgan fingerprint density at radius 3 is 1.64 bits per heavy atom. The van der Waals surface area contributed by atoms with E-state index in [2.05, 4.69) is 11.6 Å². The van der Waals surface area contributed by atoms with Crippen LogP contribution in [0.1, 0.15) is 12.8 Å². The van der Waals surface area contributed by atoms with Crippen molar-refractivity contribution in [2.24, 2.45) is 5.92 Å². The molecule has 0 aliphatic rings. The Labute approximate surface area is 80.0 Å². The molecule has 0 aromatic rings. The predicted molar refractivity (Wildman–Crippen MR) is 35.6 cm³/mol. The summed E-state index contributed by atoms with van der Waals surface area (Å²) in [7, 11) is 0. The molecule has 86 valence electrons. The number of hydrogen-bond donors (Lipinski definition) is 0. The first-order valence-corrected chi connectivity index (χ1v) is 3.82. The molecule has 0 bridgehead atoms. The predicted octanol–water partition coefficient (Wildman–Crippen LogP) is 4.04. The van der Waals surface area contributed by atoms with Gasteiger partial charge in [-0.2, -0.15) is 22.0 Å². The van der Waals surface area contributed by atoms with Crippen LogP contribution in [0.5, 0.6) is 0 Å². The van der Waals surface area contributed by atoms with E-state index in [-0.39, 0.29) is 0 Å². The van der Waals surface area contributed by atoms with Crippen molar-refractivity contribution >= 4 is 11.6 Å². The molecule has 0 heterocycles. The van der Waals surface area contributed by atoms with Crippen LogP contribution in [0.25, 0.3) is 0 Å². The second-order valence-corrected chi connectivity index (χ2v) is 3.19. The largest absolute Gasteiger partial charge is 0.389 e. The molecule has 0 N–H and O–H groups in total. The van der Waals surface area contributed by atoms with Crippen molar-refractivity contribution in [1.82, 2.24) is 0 Å². The smallest absolute Gasteiger partial charge is 0.211 e. The molecular weight excluding hydrogens is 241 g/mol. The van der Waals surface area contributed by atoms with Crippen molar-refractivity contribution in [1.29, 1.82) is 0 Å². The van der Waals surface area contributed by atoms with E-state index in [9.17, 15) is 30.7 Å². The molecule has 0 amide bonds. The van der Waals surface area contributed by atoms with E-state index < -0.39 is 36.7 Å². The first-order chi connectivity index (χ1) is 6.02. The average Bonchev–Trinajstić information content (AvgIpc) is 1.78. The Kier molecular flexibility index (Phi) is 4.48. The minimum Gasteiger partial charge on any atom is -0.211 e. The van der Waals surface area contributed by atoms with Gasteiger partial charge in [0.25, 0.3) is 0 Å². The van der Waals surface area contributed by atoms with E-state index in [1.165, 1.54) is 0 Å². The van der Waals surface area contributed by atoms with Crippen molar-refractivity contribution in [3.63, 3.8) is 0 Å². The first kappa shape index (κ1) is 13.8. The molecule has 0 saturated carbocycles. The van der Waals surface area contributed by atoms with Crippen LogP contribution in [-0.4, -0.2) is 18.0 Å². The fourth-order valence-electron chi connectivity index (χ4n) is 0.827. The van der Waals surface area contributed by atoms with Gasteiger partial charge in [0.2, 0.25) is 6.43 Å². The van der Waals surface area contributed by atoms with Gasteiger partial charge in [-0.15, -0.1) is 0 Å². The molecule has 0 fully saturated rings. The number of alkyl halides is 8. The lowest BCUT2D eigenvalue weighted by Gasteiger charge is -2.22. The Balaban J connectivity index is 4.42. The molecular formula is C6H6ClF7. The molecule has 0 aromatic carbocycles. The minimum atomic E-state index is -4.93. The Bertz CT molecular complexity index is 170. The van der Waals surface area contributed by atoms with E-state index >= 15 is 0 Å². The quantitative estimate of drug-likeness (QED) is 0.519. The van der Waals surface area contributed by atoms with Gasteiger partial charge < -0.3 is 0 Å². The van der Waals surface area contributed by atoms with Gasteiger partial charge in [-0.3, -0.25) is 0 Å². The molecule has 0 radical (unpaired) electrons. The molecule has 0 aromatic heterocycles. The zero-order chi connectivity index (χ0) is 11.6. The lowest BCUT2D eigenvalue weighted by Crippen LogP contribution is -2.29. The van der Waals surface area contributed by atoms with Crippen molar-refractivity contribution in [3.8, 4) is 0 Å². The third-order valence-electron chi connectivity index (χ3n) is 1.40. The van der Waals surface area contributed by atoms with Crippen LogP contribution in [0.15, 0.2) is 0 Å². The van der Waals surface area contributed by atoms with Crippen LogP contribution < -0.4 is 0 Å². The molecule has 1 atom stereocenters. The first-order valence-electron chi connectivity index (χ1n) is 3.44. The number of halogens is 8. The van der Waals surface area contributed by atoms with Crippen LogP contribution in [0.3, 0.4) is 0 Å². The molecule has 0 spiro atoms. The summed E-state index contributed by atoms with van der Waals surface area (Å²) in [5, 5.41) is -4.27. The fraction of sp³-hybridized carbons (Fsp3) is 1.00. The Morgan fingerprint density at radius 2 is 1.43 bits per heavy atom. The molecule has 14 heavy (non-hydrogen) atoms. The minimum absolute atomic E-state index is 1.57. The SMILES string of the molecule is FC(F)CC(CC(F)(F)F)C(F)(F)Cl. The normalized spacial score (nSPS) is 16.1. The van der Waals surface area contributed by atoms with E-state index in [1.807, 2.05) is 0 Å². The third kappa shape index (κ3) is 6.28. The molecule has 0 aliphatic heterocycles. The van der Waals surface area contributed by atoms with Crippen molar-refractivity contribution in [3.05, 3.63) is 0 Å². The summed E-state index contributed by atoms with van der Waals surface area (Å²) in [5.74, 6) is -2.59. The van der Waals surface area contributed by atoms with E-state index in [0.29, 0.717) is 0 Å². The highest BCUT2D eigenvalue weighted by Gasteiger charge is 2.45. The van der Waals surface area contributed by atoms with Gasteiger partial charge in [0.15, 0.2) is 0 Å². The van der Waals surface area contributed by atoms with Crippen molar-refractivity contribution in [2.75, 3.05) is 0 Å². The van der Waals surface area contributed by atoms with Crippen molar-refractivity contribution in [2.45, 2.75) is 30.8 Å². The molecule has 0 saturated heterocycles. The molecule has 8 heteroatoms. The summed E-state index contributed by atoms with van der Waals surface area (Å²) in [4.78, 5) is 0. The van der Waals surface area contributed by atoms with Gasteiger partial charge in [0.1, 0.15) is 0 Å². The van der Waals surface area contributed by atoms with E-state index in [1.54, 1.807) is 0 Å². The zero-order valence-electron chi connectivity index (χ0n) is 6.59. The van der Waals surface area contributed by atoms with Crippen LogP contribution in [-0.2, 0) is 0 Å². The molecule has 0 nitrogen and oxygen atoms in total. The molecule has 0 aliphatic carbocycles. The van der Waals surface area contributed by atoms with Crippen LogP contribution in [0.2, 0.25) is 0 Å². The van der Waals surface area contributed by atoms with Crippen LogP contribution >= 0.6 is 11.6 Å². The molecule has 0 rings (SSSR count).